The predicted molar refractivity (Wildman–Crippen MR) is 127 cm³/mol. The first-order valence-electron chi connectivity index (χ1n) is 11.3. The van der Waals surface area contributed by atoms with Crippen LogP contribution in [0.1, 0.15) is 57.2 Å². The maximum Gasteiger partial charge on any atom is 0.416 e. The van der Waals surface area contributed by atoms with Gasteiger partial charge in [0.25, 0.3) is 0 Å². The summed E-state index contributed by atoms with van der Waals surface area (Å²) in [5.41, 5.74) is 2.25. The largest absolute Gasteiger partial charge is 0.478 e. The number of carboxylic acid groups (broad SMARTS) is 1. The molecule has 1 fully saturated rings. The number of benzene rings is 2. The minimum Gasteiger partial charge on any atom is -0.478 e. The van der Waals surface area contributed by atoms with Gasteiger partial charge in [-0.05, 0) is 78.6 Å². The van der Waals surface area contributed by atoms with Gasteiger partial charge in [0.2, 0.25) is 5.95 Å². The molecule has 0 amide bonds. The van der Waals surface area contributed by atoms with Crippen LogP contribution in [0, 0.1) is 11.3 Å². The number of aromatic nitrogens is 2. The molecule has 2 aromatic carbocycles. The quantitative estimate of drug-likeness (QED) is 0.384. The molecule has 4 rings (SSSR count). The zero-order valence-corrected chi connectivity index (χ0v) is 19.4. The van der Waals surface area contributed by atoms with Crippen molar-refractivity contribution < 1.29 is 23.1 Å². The Morgan fingerprint density at radius 3 is 2.50 bits per heavy atom. The molecule has 0 radical (unpaired) electrons. The third kappa shape index (κ3) is 5.26. The van der Waals surface area contributed by atoms with E-state index in [1.54, 1.807) is 0 Å². The lowest BCUT2D eigenvalue weighted by Crippen LogP contribution is -2.29. The SMILES string of the molecule is C[C@@H]1C[C@H](n2c(Nc3ccc(C(F)(F)F)cc3)nc3cc(C=CC(=O)O)ccc32)CC(C)(C)C1. The Morgan fingerprint density at radius 2 is 1.88 bits per heavy atom. The average molecular weight is 472 g/mol. The molecule has 34 heavy (non-hydrogen) atoms. The van der Waals surface area contributed by atoms with Gasteiger partial charge in [0, 0.05) is 17.8 Å². The molecule has 1 saturated carbocycles. The van der Waals surface area contributed by atoms with Crippen LogP contribution in [-0.4, -0.2) is 20.6 Å². The highest BCUT2D eigenvalue weighted by molar-refractivity contribution is 5.87. The van der Waals surface area contributed by atoms with Gasteiger partial charge in [0.1, 0.15) is 0 Å². The molecule has 0 saturated heterocycles. The van der Waals surface area contributed by atoms with Crippen molar-refractivity contribution in [1.29, 1.82) is 0 Å². The molecule has 0 spiro atoms. The van der Waals surface area contributed by atoms with Gasteiger partial charge in [0.05, 0.1) is 16.6 Å². The molecule has 8 heteroatoms. The van der Waals surface area contributed by atoms with E-state index in [0.717, 1.165) is 43.0 Å². The van der Waals surface area contributed by atoms with Crippen LogP contribution in [0.5, 0.6) is 0 Å². The Kier molecular flexibility index (Phi) is 6.18. The minimum atomic E-state index is -4.39. The summed E-state index contributed by atoms with van der Waals surface area (Å²) in [6, 6.07) is 10.7. The monoisotopic (exact) mass is 471 g/mol. The molecule has 2 atom stereocenters. The first kappa shape index (κ1) is 23.9. The molecule has 3 aromatic rings. The summed E-state index contributed by atoms with van der Waals surface area (Å²) in [5.74, 6) is 0.0422. The van der Waals surface area contributed by atoms with Crippen LogP contribution in [0.15, 0.2) is 48.5 Å². The van der Waals surface area contributed by atoms with Crippen LogP contribution in [0.3, 0.4) is 0 Å². The molecule has 2 N–H and O–H groups in total. The summed E-state index contributed by atoms with van der Waals surface area (Å²) in [6.07, 6.45) is 1.24. The lowest BCUT2D eigenvalue weighted by molar-refractivity contribution is -0.137. The number of hydrogen-bond donors (Lipinski definition) is 2. The number of alkyl halides is 3. The molecule has 1 aromatic heterocycles. The van der Waals surface area contributed by atoms with Crippen LogP contribution >= 0.6 is 0 Å². The maximum absolute atomic E-state index is 13.0. The number of carbonyl (C=O) groups is 1. The first-order chi connectivity index (χ1) is 15.9. The fraction of sp³-hybridized carbons (Fsp3) is 0.385. The van der Waals surface area contributed by atoms with Gasteiger partial charge in [-0.2, -0.15) is 13.2 Å². The molecular formula is C26H28F3N3O2. The van der Waals surface area contributed by atoms with Crippen molar-refractivity contribution in [2.45, 2.75) is 52.3 Å². The van der Waals surface area contributed by atoms with Crippen molar-refractivity contribution in [3.8, 4) is 0 Å². The van der Waals surface area contributed by atoms with Gasteiger partial charge in [-0.1, -0.05) is 26.8 Å². The van der Waals surface area contributed by atoms with Gasteiger partial charge in [0.15, 0.2) is 0 Å². The van der Waals surface area contributed by atoms with Gasteiger partial charge in [-0.15, -0.1) is 0 Å². The van der Waals surface area contributed by atoms with Crippen LogP contribution in [0.25, 0.3) is 17.1 Å². The van der Waals surface area contributed by atoms with Crippen molar-refractivity contribution >= 4 is 34.7 Å². The molecule has 180 valence electrons. The van der Waals surface area contributed by atoms with Crippen molar-refractivity contribution in [3.05, 3.63) is 59.7 Å². The smallest absolute Gasteiger partial charge is 0.416 e. The molecule has 5 nitrogen and oxygen atoms in total. The second-order valence-electron chi connectivity index (χ2n) is 9.99. The number of nitrogens with one attached hydrogen (secondary N) is 1. The number of hydrogen-bond acceptors (Lipinski definition) is 3. The molecule has 0 unspecified atom stereocenters. The fourth-order valence-corrected chi connectivity index (χ4v) is 5.21. The number of rotatable bonds is 5. The van der Waals surface area contributed by atoms with E-state index in [9.17, 15) is 18.0 Å². The van der Waals surface area contributed by atoms with Crippen molar-refractivity contribution in [1.82, 2.24) is 9.55 Å². The molecule has 1 aliphatic rings. The molecule has 0 aliphatic heterocycles. The highest BCUT2D eigenvalue weighted by atomic mass is 19.4. The van der Waals surface area contributed by atoms with Crippen molar-refractivity contribution in [3.63, 3.8) is 0 Å². The number of halogens is 3. The van der Waals surface area contributed by atoms with Crippen LogP contribution in [0.2, 0.25) is 0 Å². The zero-order chi connectivity index (χ0) is 24.7. The van der Waals surface area contributed by atoms with E-state index in [2.05, 4.69) is 30.7 Å². The number of nitrogens with zero attached hydrogens (tertiary/aromatic N) is 2. The molecule has 1 aliphatic carbocycles. The summed E-state index contributed by atoms with van der Waals surface area (Å²) in [6.45, 7) is 6.75. The highest BCUT2D eigenvalue weighted by Gasteiger charge is 2.35. The third-order valence-electron chi connectivity index (χ3n) is 6.33. The van der Waals surface area contributed by atoms with Gasteiger partial charge in [-0.25, -0.2) is 9.78 Å². The van der Waals surface area contributed by atoms with E-state index in [-0.39, 0.29) is 11.5 Å². The number of aliphatic carboxylic acids is 1. The van der Waals surface area contributed by atoms with Gasteiger partial charge < -0.3 is 15.0 Å². The Hall–Kier alpha value is -3.29. The number of fused-ring (bicyclic) bond motifs is 1. The van der Waals surface area contributed by atoms with Crippen LogP contribution in [0.4, 0.5) is 24.8 Å². The molecule has 1 heterocycles. The average Bonchev–Trinajstić information content (AvgIpc) is 3.07. The number of anilines is 2. The second-order valence-corrected chi connectivity index (χ2v) is 9.99. The summed E-state index contributed by atoms with van der Waals surface area (Å²) >= 11 is 0. The van der Waals surface area contributed by atoms with E-state index in [0.29, 0.717) is 28.6 Å². The van der Waals surface area contributed by atoms with E-state index in [1.165, 1.54) is 18.2 Å². The van der Waals surface area contributed by atoms with Crippen LogP contribution in [-0.2, 0) is 11.0 Å². The second kappa shape index (κ2) is 8.81. The van der Waals surface area contributed by atoms with Crippen LogP contribution < -0.4 is 5.32 Å². The van der Waals surface area contributed by atoms with E-state index in [1.807, 2.05) is 18.2 Å². The summed E-state index contributed by atoms with van der Waals surface area (Å²) in [5, 5.41) is 12.1. The van der Waals surface area contributed by atoms with E-state index >= 15 is 0 Å². The Labute approximate surface area is 196 Å². The Morgan fingerprint density at radius 1 is 1.18 bits per heavy atom. The third-order valence-corrected chi connectivity index (χ3v) is 6.33. The topological polar surface area (TPSA) is 67.2 Å². The van der Waals surface area contributed by atoms with Crippen molar-refractivity contribution in [2.75, 3.05) is 5.32 Å². The standard InChI is InChI=1S/C26H28F3N3O2/c1-16-12-20(15-25(2,3)14-16)32-22-10-4-17(5-11-23(33)34)13-21(22)31-24(32)30-19-8-6-18(7-9-19)26(27,28)29/h4-11,13,16,20H,12,14-15H2,1-3H3,(H,30,31)(H,33,34)/t16-,20+/m1/s1. The Bertz CT molecular complexity index is 1230. The normalized spacial score (nSPS) is 20.6. The first-order valence-corrected chi connectivity index (χ1v) is 11.3. The lowest BCUT2D eigenvalue weighted by atomic mass is 9.70. The van der Waals surface area contributed by atoms with E-state index < -0.39 is 17.7 Å². The number of carboxylic acids is 1. The fourth-order valence-electron chi connectivity index (χ4n) is 5.21. The summed E-state index contributed by atoms with van der Waals surface area (Å²) in [7, 11) is 0. The van der Waals surface area contributed by atoms with Crippen molar-refractivity contribution in [2.24, 2.45) is 11.3 Å². The zero-order valence-electron chi connectivity index (χ0n) is 19.4. The summed E-state index contributed by atoms with van der Waals surface area (Å²) in [4.78, 5) is 15.7. The highest BCUT2D eigenvalue weighted by Crippen LogP contribution is 2.46. The molecule has 0 bridgehead atoms. The van der Waals surface area contributed by atoms with E-state index in [4.69, 9.17) is 10.1 Å². The maximum atomic E-state index is 13.0. The number of imidazole rings is 1. The predicted octanol–water partition coefficient (Wildman–Crippen LogP) is 7.28. The van der Waals surface area contributed by atoms with Gasteiger partial charge >= 0.3 is 12.1 Å². The lowest BCUT2D eigenvalue weighted by Gasteiger charge is -2.40. The minimum absolute atomic E-state index is 0.148. The van der Waals surface area contributed by atoms with Gasteiger partial charge in [-0.3, -0.25) is 0 Å². The Balaban J connectivity index is 1.77. The summed E-state index contributed by atoms with van der Waals surface area (Å²) < 4.78 is 41.1. The molecular weight excluding hydrogens is 443 g/mol.